The summed E-state index contributed by atoms with van der Waals surface area (Å²) in [7, 11) is -3.29. The van der Waals surface area contributed by atoms with Gasteiger partial charge in [-0.1, -0.05) is 6.07 Å². The van der Waals surface area contributed by atoms with Gasteiger partial charge >= 0.3 is 6.09 Å². The fourth-order valence-corrected chi connectivity index (χ4v) is 4.64. The van der Waals surface area contributed by atoms with Gasteiger partial charge < -0.3 is 14.2 Å². The lowest BCUT2D eigenvalue weighted by Gasteiger charge is -2.33. The first-order valence-corrected chi connectivity index (χ1v) is 13.0. The van der Waals surface area contributed by atoms with Crippen LogP contribution < -0.4 is 0 Å². The molecule has 0 saturated carbocycles. The topological polar surface area (TPSA) is 94.4 Å². The minimum Gasteiger partial charge on any atom is -0.444 e. The first-order chi connectivity index (χ1) is 15.5. The SMILES string of the molecule is CC(C)(C)OC(=O)N1CCC(c2ccc(Cn3ccc4cc(S(C)(=O)=O)cnc43)nc2)CC1. The van der Waals surface area contributed by atoms with Gasteiger partial charge in [-0.3, -0.25) is 4.98 Å². The minimum absolute atomic E-state index is 0.216. The number of pyridine rings is 2. The number of nitrogens with zero attached hydrogens (tertiary/aromatic N) is 4. The fourth-order valence-electron chi connectivity index (χ4n) is 4.06. The van der Waals surface area contributed by atoms with E-state index >= 15 is 0 Å². The van der Waals surface area contributed by atoms with Crippen LogP contribution in [0, 0.1) is 0 Å². The van der Waals surface area contributed by atoms with Gasteiger partial charge in [0.25, 0.3) is 0 Å². The number of carbonyl (C=O) groups excluding carboxylic acids is 1. The van der Waals surface area contributed by atoms with Crippen LogP contribution in [0.2, 0.25) is 0 Å². The van der Waals surface area contributed by atoms with Crippen LogP contribution in [0.4, 0.5) is 4.79 Å². The number of sulfone groups is 1. The van der Waals surface area contributed by atoms with E-state index in [1.54, 1.807) is 11.0 Å². The summed E-state index contributed by atoms with van der Waals surface area (Å²) in [5, 5.41) is 0.784. The number of likely N-dealkylation sites (tertiary alicyclic amines) is 1. The van der Waals surface area contributed by atoms with Gasteiger partial charge in [-0.05, 0) is 63.3 Å². The van der Waals surface area contributed by atoms with E-state index in [1.807, 2.05) is 49.9 Å². The quantitative estimate of drug-likeness (QED) is 0.572. The Kier molecular flexibility index (Phi) is 6.18. The van der Waals surface area contributed by atoms with Crippen molar-refractivity contribution in [3.05, 3.63) is 54.1 Å². The van der Waals surface area contributed by atoms with Crippen molar-refractivity contribution in [1.29, 1.82) is 0 Å². The molecule has 1 aliphatic heterocycles. The highest BCUT2D eigenvalue weighted by molar-refractivity contribution is 7.90. The Morgan fingerprint density at radius 1 is 1.12 bits per heavy atom. The lowest BCUT2D eigenvalue weighted by Crippen LogP contribution is -2.41. The molecule has 0 aliphatic carbocycles. The molecule has 0 aromatic carbocycles. The van der Waals surface area contributed by atoms with E-state index in [1.165, 1.54) is 18.0 Å². The molecule has 0 N–H and O–H groups in total. The van der Waals surface area contributed by atoms with Crippen LogP contribution in [-0.2, 0) is 21.1 Å². The first kappa shape index (κ1) is 23.2. The maximum absolute atomic E-state index is 12.3. The summed E-state index contributed by atoms with van der Waals surface area (Å²) < 4.78 is 31.0. The number of aromatic nitrogens is 3. The van der Waals surface area contributed by atoms with E-state index in [0.29, 0.717) is 25.6 Å². The molecule has 4 heterocycles. The van der Waals surface area contributed by atoms with Crippen molar-refractivity contribution in [3.63, 3.8) is 0 Å². The normalized spacial score (nSPS) is 15.7. The molecular weight excluding hydrogens is 440 g/mol. The summed E-state index contributed by atoms with van der Waals surface area (Å²) in [6.07, 6.45) is 7.92. The highest BCUT2D eigenvalue weighted by Crippen LogP contribution is 2.28. The van der Waals surface area contributed by atoms with E-state index in [9.17, 15) is 13.2 Å². The molecule has 1 fully saturated rings. The Labute approximate surface area is 194 Å². The van der Waals surface area contributed by atoms with Gasteiger partial charge in [0, 0.05) is 43.3 Å². The summed E-state index contributed by atoms with van der Waals surface area (Å²) in [5.74, 6) is 0.369. The Morgan fingerprint density at radius 2 is 1.85 bits per heavy atom. The minimum atomic E-state index is -3.29. The Balaban J connectivity index is 1.39. The molecule has 8 nitrogen and oxygen atoms in total. The van der Waals surface area contributed by atoms with Gasteiger partial charge in [0.05, 0.1) is 17.1 Å². The molecule has 3 aromatic rings. The van der Waals surface area contributed by atoms with Gasteiger partial charge in [0.1, 0.15) is 11.2 Å². The molecular formula is C24H30N4O4S. The third-order valence-corrected chi connectivity index (χ3v) is 6.88. The van der Waals surface area contributed by atoms with Crippen molar-refractivity contribution in [2.24, 2.45) is 0 Å². The summed E-state index contributed by atoms with van der Waals surface area (Å²) in [5.41, 5.74) is 2.32. The maximum Gasteiger partial charge on any atom is 0.410 e. The first-order valence-electron chi connectivity index (χ1n) is 11.1. The molecule has 1 amide bonds. The van der Waals surface area contributed by atoms with Crippen molar-refractivity contribution >= 4 is 27.0 Å². The largest absolute Gasteiger partial charge is 0.444 e. The Bertz CT molecular complexity index is 1250. The second-order valence-corrected chi connectivity index (χ2v) is 11.6. The van der Waals surface area contributed by atoms with Crippen LogP contribution in [0.1, 0.15) is 50.8 Å². The standard InChI is InChI=1S/C24H30N4O4S/c1-24(2,3)32-23(29)27-10-7-17(8-11-27)19-5-6-20(25-14-19)16-28-12-9-18-13-21(33(4,30)31)15-26-22(18)28/h5-6,9,12-15,17H,7-8,10-11,16H2,1-4H3. The van der Waals surface area contributed by atoms with E-state index < -0.39 is 15.4 Å². The van der Waals surface area contributed by atoms with Gasteiger partial charge in [0.2, 0.25) is 0 Å². The van der Waals surface area contributed by atoms with Crippen molar-refractivity contribution in [2.45, 2.75) is 56.6 Å². The predicted octanol–water partition coefficient (Wildman–Crippen LogP) is 4.00. The molecule has 33 heavy (non-hydrogen) atoms. The molecule has 0 radical (unpaired) electrons. The fraction of sp³-hybridized carbons (Fsp3) is 0.458. The van der Waals surface area contributed by atoms with Crippen LogP contribution in [0.15, 0.2) is 47.8 Å². The number of fused-ring (bicyclic) bond motifs is 1. The van der Waals surface area contributed by atoms with E-state index in [2.05, 4.69) is 16.0 Å². The molecule has 1 aliphatic rings. The zero-order chi connectivity index (χ0) is 23.8. The summed E-state index contributed by atoms with van der Waals surface area (Å²) >= 11 is 0. The average Bonchev–Trinajstić information content (AvgIpc) is 3.15. The molecule has 4 rings (SSSR count). The van der Waals surface area contributed by atoms with Gasteiger partial charge in [-0.2, -0.15) is 0 Å². The Morgan fingerprint density at radius 3 is 2.45 bits per heavy atom. The van der Waals surface area contributed by atoms with Crippen LogP contribution in [0.25, 0.3) is 11.0 Å². The summed E-state index contributed by atoms with van der Waals surface area (Å²) in [6, 6.07) is 7.64. The van der Waals surface area contributed by atoms with Gasteiger partial charge in [0.15, 0.2) is 9.84 Å². The lowest BCUT2D eigenvalue weighted by atomic mass is 9.90. The average molecular weight is 471 g/mol. The number of piperidine rings is 1. The number of rotatable bonds is 4. The monoisotopic (exact) mass is 470 g/mol. The summed E-state index contributed by atoms with van der Waals surface area (Å²) in [6.45, 7) is 7.54. The highest BCUT2D eigenvalue weighted by atomic mass is 32.2. The molecule has 0 atom stereocenters. The number of carbonyl (C=O) groups is 1. The molecule has 1 saturated heterocycles. The van der Waals surface area contributed by atoms with Crippen molar-refractivity contribution < 1.29 is 17.9 Å². The third kappa shape index (κ3) is 5.52. The summed E-state index contributed by atoms with van der Waals surface area (Å²) in [4.78, 5) is 23.3. The van der Waals surface area contributed by atoms with Gasteiger partial charge in [-0.15, -0.1) is 0 Å². The van der Waals surface area contributed by atoms with Crippen molar-refractivity contribution in [1.82, 2.24) is 19.4 Å². The lowest BCUT2D eigenvalue weighted by molar-refractivity contribution is 0.0205. The van der Waals surface area contributed by atoms with E-state index in [-0.39, 0.29) is 11.0 Å². The smallest absolute Gasteiger partial charge is 0.410 e. The van der Waals surface area contributed by atoms with Crippen LogP contribution >= 0.6 is 0 Å². The number of ether oxygens (including phenoxy) is 1. The highest BCUT2D eigenvalue weighted by Gasteiger charge is 2.27. The number of amides is 1. The zero-order valence-corrected chi connectivity index (χ0v) is 20.3. The molecule has 9 heteroatoms. The van der Waals surface area contributed by atoms with Crippen LogP contribution in [0.5, 0.6) is 0 Å². The maximum atomic E-state index is 12.3. The number of hydrogen-bond donors (Lipinski definition) is 0. The number of hydrogen-bond acceptors (Lipinski definition) is 6. The van der Waals surface area contributed by atoms with E-state index in [0.717, 1.165) is 29.6 Å². The second-order valence-electron chi connectivity index (χ2n) is 9.62. The molecule has 0 spiro atoms. The zero-order valence-electron chi connectivity index (χ0n) is 19.5. The molecule has 0 unspecified atom stereocenters. The molecule has 176 valence electrons. The second kappa shape index (κ2) is 8.78. The van der Waals surface area contributed by atoms with Crippen LogP contribution in [-0.4, -0.2) is 58.9 Å². The van der Waals surface area contributed by atoms with Crippen molar-refractivity contribution in [2.75, 3.05) is 19.3 Å². The van der Waals surface area contributed by atoms with E-state index in [4.69, 9.17) is 4.74 Å². The molecule has 0 bridgehead atoms. The molecule has 3 aromatic heterocycles. The third-order valence-electron chi connectivity index (χ3n) is 5.80. The van der Waals surface area contributed by atoms with Crippen molar-refractivity contribution in [3.8, 4) is 0 Å². The predicted molar refractivity (Wildman–Crippen MR) is 126 cm³/mol. The van der Waals surface area contributed by atoms with Gasteiger partial charge in [-0.25, -0.2) is 18.2 Å². The van der Waals surface area contributed by atoms with Crippen LogP contribution in [0.3, 0.4) is 0 Å². The Hall–Kier alpha value is -2.94.